The van der Waals surface area contributed by atoms with Crippen LogP contribution in [0.3, 0.4) is 0 Å². The van der Waals surface area contributed by atoms with Crippen molar-refractivity contribution in [2.24, 2.45) is 0 Å². The number of nitrogens with one attached hydrogen (secondary N) is 1. The zero-order valence-electron chi connectivity index (χ0n) is 13.2. The monoisotopic (exact) mass is 347 g/mol. The SMILES string of the molecule is CN1C(=O)CCOc2ccc(CNC(=O)c3cccnc3)cc21.Cl. The highest BCUT2D eigenvalue weighted by atomic mass is 35.5. The molecule has 1 N–H and O–H groups in total. The second-order valence-electron chi connectivity index (χ2n) is 5.28. The summed E-state index contributed by atoms with van der Waals surface area (Å²) < 4.78 is 5.58. The fourth-order valence-electron chi connectivity index (χ4n) is 2.39. The van der Waals surface area contributed by atoms with Crippen LogP contribution in [0.25, 0.3) is 0 Å². The third-order valence-corrected chi connectivity index (χ3v) is 3.71. The Kier molecular flexibility index (Phi) is 5.76. The van der Waals surface area contributed by atoms with Crippen LogP contribution in [0.15, 0.2) is 42.7 Å². The Bertz CT molecular complexity index is 737. The lowest BCUT2D eigenvalue weighted by atomic mass is 10.1. The molecule has 126 valence electrons. The van der Waals surface area contributed by atoms with E-state index in [2.05, 4.69) is 10.3 Å². The van der Waals surface area contributed by atoms with Gasteiger partial charge in [0.1, 0.15) is 5.75 Å². The van der Waals surface area contributed by atoms with Crippen molar-refractivity contribution in [2.45, 2.75) is 13.0 Å². The van der Waals surface area contributed by atoms with Gasteiger partial charge in [-0.3, -0.25) is 14.6 Å². The van der Waals surface area contributed by atoms with Gasteiger partial charge >= 0.3 is 0 Å². The van der Waals surface area contributed by atoms with E-state index in [1.165, 1.54) is 6.20 Å². The van der Waals surface area contributed by atoms with E-state index in [0.717, 1.165) is 11.3 Å². The van der Waals surface area contributed by atoms with Crippen molar-refractivity contribution in [3.8, 4) is 5.75 Å². The predicted molar refractivity (Wildman–Crippen MR) is 92.6 cm³/mol. The summed E-state index contributed by atoms with van der Waals surface area (Å²) in [5.41, 5.74) is 2.13. The highest BCUT2D eigenvalue weighted by molar-refractivity contribution is 5.95. The molecule has 1 aliphatic heterocycles. The molecule has 1 aromatic carbocycles. The first-order valence-electron chi connectivity index (χ1n) is 7.35. The van der Waals surface area contributed by atoms with Gasteiger partial charge in [0.2, 0.25) is 5.91 Å². The van der Waals surface area contributed by atoms with E-state index in [1.54, 1.807) is 30.3 Å². The van der Waals surface area contributed by atoms with Crippen LogP contribution in [0.5, 0.6) is 5.75 Å². The summed E-state index contributed by atoms with van der Waals surface area (Å²) in [6.45, 7) is 0.746. The van der Waals surface area contributed by atoms with Gasteiger partial charge in [-0.2, -0.15) is 0 Å². The third-order valence-electron chi connectivity index (χ3n) is 3.71. The topological polar surface area (TPSA) is 71.5 Å². The lowest BCUT2D eigenvalue weighted by Crippen LogP contribution is -2.26. The largest absolute Gasteiger partial charge is 0.491 e. The van der Waals surface area contributed by atoms with Gasteiger partial charge in [0.05, 0.1) is 24.3 Å². The molecule has 24 heavy (non-hydrogen) atoms. The lowest BCUT2D eigenvalue weighted by molar-refractivity contribution is -0.118. The van der Waals surface area contributed by atoms with Crippen molar-refractivity contribution in [3.05, 3.63) is 53.9 Å². The van der Waals surface area contributed by atoms with Crippen LogP contribution >= 0.6 is 12.4 Å². The second kappa shape index (κ2) is 7.79. The Labute approximate surface area is 146 Å². The number of hydrogen-bond acceptors (Lipinski definition) is 4. The number of nitrogens with zero attached hydrogens (tertiary/aromatic N) is 2. The first kappa shape index (κ1) is 17.7. The summed E-state index contributed by atoms with van der Waals surface area (Å²) in [5, 5.41) is 2.84. The van der Waals surface area contributed by atoms with Crippen LogP contribution in [0.4, 0.5) is 5.69 Å². The molecule has 0 saturated carbocycles. The maximum atomic E-state index is 12.0. The molecule has 0 unspecified atom stereocenters. The van der Waals surface area contributed by atoms with E-state index < -0.39 is 0 Å². The number of aromatic nitrogens is 1. The van der Waals surface area contributed by atoms with Crippen LogP contribution in [0.1, 0.15) is 22.3 Å². The van der Waals surface area contributed by atoms with Gasteiger partial charge in [-0.25, -0.2) is 0 Å². The molecule has 0 radical (unpaired) electrons. The van der Waals surface area contributed by atoms with Crippen molar-refractivity contribution in [2.75, 3.05) is 18.6 Å². The van der Waals surface area contributed by atoms with Crippen LogP contribution in [0.2, 0.25) is 0 Å². The Balaban J connectivity index is 0.00000208. The number of benzene rings is 1. The van der Waals surface area contributed by atoms with Crippen molar-refractivity contribution >= 4 is 29.9 Å². The Morgan fingerprint density at radius 1 is 1.38 bits per heavy atom. The normalized spacial score (nSPS) is 13.2. The summed E-state index contributed by atoms with van der Waals surface area (Å²) in [4.78, 5) is 29.5. The number of amides is 2. The molecule has 0 atom stereocenters. The van der Waals surface area contributed by atoms with E-state index in [4.69, 9.17) is 4.74 Å². The number of pyridine rings is 1. The fourth-order valence-corrected chi connectivity index (χ4v) is 2.39. The van der Waals surface area contributed by atoms with Gasteiger partial charge in [0.25, 0.3) is 5.91 Å². The number of rotatable bonds is 3. The van der Waals surface area contributed by atoms with Crippen LogP contribution in [-0.4, -0.2) is 30.5 Å². The average molecular weight is 348 g/mol. The third kappa shape index (κ3) is 3.83. The molecule has 0 bridgehead atoms. The summed E-state index contributed by atoms with van der Waals surface area (Å²) in [6, 6.07) is 9.00. The number of carbonyl (C=O) groups excluding carboxylic acids is 2. The highest BCUT2D eigenvalue weighted by Crippen LogP contribution is 2.31. The molecule has 2 heterocycles. The molecule has 6 nitrogen and oxygen atoms in total. The Hall–Kier alpha value is -2.60. The first-order chi connectivity index (χ1) is 11.1. The van der Waals surface area contributed by atoms with Gasteiger partial charge in [-0.05, 0) is 29.8 Å². The highest BCUT2D eigenvalue weighted by Gasteiger charge is 2.20. The predicted octanol–water partition coefficient (Wildman–Crippen LogP) is 2.18. The minimum atomic E-state index is -0.186. The summed E-state index contributed by atoms with van der Waals surface area (Å²) in [7, 11) is 1.73. The number of fused-ring (bicyclic) bond motifs is 1. The van der Waals surface area contributed by atoms with Crippen LogP contribution in [-0.2, 0) is 11.3 Å². The molecule has 0 spiro atoms. The quantitative estimate of drug-likeness (QED) is 0.923. The van der Waals surface area contributed by atoms with Crippen molar-refractivity contribution in [1.29, 1.82) is 0 Å². The molecule has 2 amide bonds. The number of anilines is 1. The van der Waals surface area contributed by atoms with Gasteiger partial charge < -0.3 is 15.0 Å². The Morgan fingerprint density at radius 2 is 2.21 bits per heavy atom. The molecular formula is C17H18ClN3O3. The summed E-state index contributed by atoms with van der Waals surface area (Å²) in [5.74, 6) is 0.509. The molecule has 2 aromatic rings. The molecule has 0 aliphatic carbocycles. The maximum absolute atomic E-state index is 12.0. The summed E-state index contributed by atoms with van der Waals surface area (Å²) in [6.07, 6.45) is 3.50. The summed E-state index contributed by atoms with van der Waals surface area (Å²) >= 11 is 0. The number of carbonyl (C=O) groups is 2. The minimum absolute atomic E-state index is 0. The molecule has 1 aromatic heterocycles. The van der Waals surface area contributed by atoms with E-state index in [1.807, 2.05) is 18.2 Å². The van der Waals surface area contributed by atoms with Crippen molar-refractivity contribution in [3.63, 3.8) is 0 Å². The lowest BCUT2D eigenvalue weighted by Gasteiger charge is -2.17. The molecule has 0 fully saturated rings. The van der Waals surface area contributed by atoms with Gasteiger partial charge in [0, 0.05) is 26.0 Å². The first-order valence-corrected chi connectivity index (χ1v) is 7.35. The van der Waals surface area contributed by atoms with E-state index in [9.17, 15) is 9.59 Å². The average Bonchev–Trinajstić information content (AvgIpc) is 2.73. The molecule has 3 rings (SSSR count). The fraction of sp³-hybridized carbons (Fsp3) is 0.235. The second-order valence-corrected chi connectivity index (χ2v) is 5.28. The van der Waals surface area contributed by atoms with Crippen molar-refractivity contribution in [1.82, 2.24) is 10.3 Å². The maximum Gasteiger partial charge on any atom is 0.253 e. The Morgan fingerprint density at radius 3 is 2.96 bits per heavy atom. The molecule has 7 heteroatoms. The smallest absolute Gasteiger partial charge is 0.253 e. The van der Waals surface area contributed by atoms with Crippen LogP contribution in [0, 0.1) is 0 Å². The minimum Gasteiger partial charge on any atom is -0.491 e. The van der Waals surface area contributed by atoms with E-state index >= 15 is 0 Å². The standard InChI is InChI=1S/C17H17N3O3.ClH/c1-20-14-9-12(4-5-15(14)23-8-6-16(20)21)10-19-17(22)13-3-2-7-18-11-13;/h2-5,7,9,11H,6,8,10H2,1H3,(H,19,22);1H. The number of halogens is 1. The molecular weight excluding hydrogens is 330 g/mol. The van der Waals surface area contributed by atoms with E-state index in [-0.39, 0.29) is 24.2 Å². The molecule has 0 saturated heterocycles. The zero-order chi connectivity index (χ0) is 16.2. The molecule has 1 aliphatic rings. The van der Waals surface area contributed by atoms with Gasteiger partial charge in [-0.15, -0.1) is 12.4 Å². The van der Waals surface area contributed by atoms with Gasteiger partial charge in [-0.1, -0.05) is 6.07 Å². The zero-order valence-corrected chi connectivity index (χ0v) is 14.0. The van der Waals surface area contributed by atoms with E-state index in [0.29, 0.717) is 30.9 Å². The van der Waals surface area contributed by atoms with Crippen molar-refractivity contribution < 1.29 is 14.3 Å². The van der Waals surface area contributed by atoms with Crippen LogP contribution < -0.4 is 15.0 Å². The number of ether oxygens (including phenoxy) is 1. The van der Waals surface area contributed by atoms with Gasteiger partial charge in [0.15, 0.2) is 0 Å². The number of hydrogen-bond donors (Lipinski definition) is 1.